The molecule has 1 heterocycles. The number of hydrogen-bond acceptors (Lipinski definition) is 2. The largest absolute Gasteiger partial charge is 0.312 e. The fourth-order valence-electron chi connectivity index (χ4n) is 2.68. The fourth-order valence-corrected chi connectivity index (χ4v) is 2.68. The average Bonchev–Trinajstić information content (AvgIpc) is 2.69. The molecule has 0 atom stereocenters. The van der Waals surface area contributed by atoms with Crippen LogP contribution in [0.25, 0.3) is 0 Å². The molecule has 0 radical (unpaired) electrons. The van der Waals surface area contributed by atoms with Gasteiger partial charge in [0.2, 0.25) is 5.91 Å². The van der Waals surface area contributed by atoms with Crippen LogP contribution in [0.3, 0.4) is 0 Å². The molecule has 104 valence electrons. The van der Waals surface area contributed by atoms with Crippen LogP contribution >= 0.6 is 0 Å². The van der Waals surface area contributed by atoms with Gasteiger partial charge in [0.15, 0.2) is 0 Å². The summed E-state index contributed by atoms with van der Waals surface area (Å²) in [6.07, 6.45) is 5.07. The van der Waals surface area contributed by atoms with Gasteiger partial charge in [0, 0.05) is 12.2 Å². The number of hydrogen-bond donors (Lipinski definition) is 0. The molecule has 0 bridgehead atoms. The molecule has 0 unspecified atom stereocenters. The van der Waals surface area contributed by atoms with Crippen molar-refractivity contribution in [3.05, 3.63) is 30.3 Å². The van der Waals surface area contributed by atoms with Crippen molar-refractivity contribution >= 4 is 11.6 Å². The molecule has 1 fully saturated rings. The Balaban J connectivity index is 1.96. The first-order chi connectivity index (χ1) is 9.31. The molecule has 0 spiro atoms. The maximum atomic E-state index is 12.4. The van der Waals surface area contributed by atoms with Crippen molar-refractivity contribution in [2.45, 2.75) is 32.6 Å². The van der Waals surface area contributed by atoms with Crippen molar-refractivity contribution in [1.29, 1.82) is 0 Å². The first kappa shape index (κ1) is 14.1. The Morgan fingerprint density at radius 1 is 1.11 bits per heavy atom. The summed E-state index contributed by atoms with van der Waals surface area (Å²) in [6, 6.07) is 9.96. The van der Waals surface area contributed by atoms with Crippen molar-refractivity contribution in [3.8, 4) is 0 Å². The van der Waals surface area contributed by atoms with Crippen LogP contribution in [0.5, 0.6) is 0 Å². The Kier molecular flexibility index (Phi) is 5.40. The van der Waals surface area contributed by atoms with Crippen LogP contribution in [0.1, 0.15) is 32.6 Å². The summed E-state index contributed by atoms with van der Waals surface area (Å²) in [5.41, 5.74) is 1.00. The Bertz CT molecular complexity index is 383. The standard InChI is InChI=1S/C16H24N2O/c1-2-18(15-10-6-5-7-11-15)16(19)14-17-12-8-3-4-9-13-17/h5-7,10-11H,2-4,8-9,12-14H2,1H3. The van der Waals surface area contributed by atoms with E-state index in [1.54, 1.807) is 0 Å². The molecule has 19 heavy (non-hydrogen) atoms. The van der Waals surface area contributed by atoms with Gasteiger partial charge >= 0.3 is 0 Å². The lowest BCUT2D eigenvalue weighted by molar-refractivity contribution is -0.119. The molecule has 0 aliphatic carbocycles. The van der Waals surface area contributed by atoms with Crippen molar-refractivity contribution < 1.29 is 4.79 Å². The van der Waals surface area contributed by atoms with Crippen LogP contribution < -0.4 is 4.90 Å². The summed E-state index contributed by atoms with van der Waals surface area (Å²) in [7, 11) is 0. The Morgan fingerprint density at radius 3 is 2.32 bits per heavy atom. The van der Waals surface area contributed by atoms with Crippen molar-refractivity contribution in [2.24, 2.45) is 0 Å². The van der Waals surface area contributed by atoms with E-state index in [-0.39, 0.29) is 5.91 Å². The van der Waals surface area contributed by atoms with E-state index >= 15 is 0 Å². The number of benzene rings is 1. The summed E-state index contributed by atoms with van der Waals surface area (Å²) in [5, 5.41) is 0. The Labute approximate surface area is 116 Å². The van der Waals surface area contributed by atoms with Gasteiger partial charge in [-0.15, -0.1) is 0 Å². The molecule has 0 aromatic heterocycles. The van der Waals surface area contributed by atoms with Crippen LogP contribution in [0.2, 0.25) is 0 Å². The summed E-state index contributed by atoms with van der Waals surface area (Å²) in [4.78, 5) is 16.6. The second-order valence-electron chi connectivity index (χ2n) is 5.16. The molecule has 3 nitrogen and oxygen atoms in total. The zero-order valence-electron chi connectivity index (χ0n) is 11.8. The van der Waals surface area contributed by atoms with Gasteiger partial charge in [0.25, 0.3) is 0 Å². The van der Waals surface area contributed by atoms with Crippen LogP contribution in [0, 0.1) is 0 Å². The first-order valence-corrected chi connectivity index (χ1v) is 7.39. The second-order valence-corrected chi connectivity index (χ2v) is 5.16. The number of carbonyl (C=O) groups is 1. The van der Waals surface area contributed by atoms with E-state index in [1.807, 2.05) is 42.2 Å². The van der Waals surface area contributed by atoms with E-state index in [9.17, 15) is 4.79 Å². The minimum absolute atomic E-state index is 0.218. The molecule has 1 aromatic carbocycles. The maximum Gasteiger partial charge on any atom is 0.241 e. The molecular formula is C16H24N2O. The summed E-state index contributed by atoms with van der Waals surface area (Å²) < 4.78 is 0. The number of carbonyl (C=O) groups excluding carboxylic acids is 1. The lowest BCUT2D eigenvalue weighted by Gasteiger charge is -2.25. The molecule has 1 aliphatic heterocycles. The zero-order valence-corrected chi connectivity index (χ0v) is 11.8. The number of likely N-dealkylation sites (tertiary alicyclic amines) is 1. The molecule has 1 amide bonds. The van der Waals surface area contributed by atoms with Crippen LogP contribution in [-0.2, 0) is 4.79 Å². The normalized spacial score (nSPS) is 16.9. The van der Waals surface area contributed by atoms with E-state index < -0.39 is 0 Å². The van der Waals surface area contributed by atoms with Gasteiger partial charge < -0.3 is 4.90 Å². The maximum absolute atomic E-state index is 12.4. The third-order valence-corrected chi connectivity index (χ3v) is 3.74. The van der Waals surface area contributed by atoms with Gasteiger partial charge in [0.05, 0.1) is 6.54 Å². The van der Waals surface area contributed by atoms with E-state index in [0.717, 1.165) is 25.3 Å². The van der Waals surface area contributed by atoms with Gasteiger partial charge in [-0.2, -0.15) is 0 Å². The zero-order chi connectivity index (χ0) is 13.5. The minimum Gasteiger partial charge on any atom is -0.312 e. The summed E-state index contributed by atoms with van der Waals surface area (Å²) in [6.45, 7) is 5.46. The molecule has 0 saturated carbocycles. The van der Waals surface area contributed by atoms with Crippen molar-refractivity contribution in [2.75, 3.05) is 31.1 Å². The minimum atomic E-state index is 0.218. The molecule has 0 N–H and O–H groups in total. The van der Waals surface area contributed by atoms with Crippen LogP contribution in [0.15, 0.2) is 30.3 Å². The van der Waals surface area contributed by atoms with Gasteiger partial charge in [-0.1, -0.05) is 31.0 Å². The molecule has 2 rings (SSSR count). The second kappa shape index (κ2) is 7.29. The van der Waals surface area contributed by atoms with Crippen LogP contribution in [0.4, 0.5) is 5.69 Å². The highest BCUT2D eigenvalue weighted by Crippen LogP contribution is 2.15. The first-order valence-electron chi connectivity index (χ1n) is 7.39. The fraction of sp³-hybridized carbons (Fsp3) is 0.562. The molecule has 3 heteroatoms. The van der Waals surface area contributed by atoms with E-state index in [2.05, 4.69) is 4.90 Å². The summed E-state index contributed by atoms with van der Waals surface area (Å²) in [5.74, 6) is 0.218. The number of anilines is 1. The van der Waals surface area contributed by atoms with Crippen LogP contribution in [-0.4, -0.2) is 37.0 Å². The van der Waals surface area contributed by atoms with Gasteiger partial charge in [0.1, 0.15) is 0 Å². The predicted molar refractivity (Wildman–Crippen MR) is 79.4 cm³/mol. The van der Waals surface area contributed by atoms with E-state index in [0.29, 0.717) is 6.54 Å². The summed E-state index contributed by atoms with van der Waals surface area (Å²) >= 11 is 0. The number of likely N-dealkylation sites (N-methyl/N-ethyl adjacent to an activating group) is 1. The molecular weight excluding hydrogens is 236 g/mol. The highest BCUT2D eigenvalue weighted by molar-refractivity contribution is 5.94. The Morgan fingerprint density at radius 2 is 1.74 bits per heavy atom. The highest BCUT2D eigenvalue weighted by atomic mass is 16.2. The molecule has 1 aliphatic rings. The SMILES string of the molecule is CCN(C(=O)CN1CCCCCC1)c1ccccc1. The molecule has 1 saturated heterocycles. The topological polar surface area (TPSA) is 23.6 Å². The van der Waals surface area contributed by atoms with Gasteiger partial charge in [-0.3, -0.25) is 9.69 Å². The third-order valence-electron chi connectivity index (χ3n) is 3.74. The quantitative estimate of drug-likeness (QED) is 0.831. The number of rotatable bonds is 4. The Hall–Kier alpha value is -1.35. The molecule has 1 aromatic rings. The number of nitrogens with zero attached hydrogens (tertiary/aromatic N) is 2. The van der Waals surface area contributed by atoms with E-state index in [1.165, 1.54) is 25.7 Å². The van der Waals surface area contributed by atoms with Gasteiger partial charge in [-0.25, -0.2) is 0 Å². The smallest absolute Gasteiger partial charge is 0.241 e. The number of amides is 1. The highest BCUT2D eigenvalue weighted by Gasteiger charge is 2.18. The van der Waals surface area contributed by atoms with E-state index in [4.69, 9.17) is 0 Å². The third kappa shape index (κ3) is 4.06. The lowest BCUT2D eigenvalue weighted by Crippen LogP contribution is -2.40. The van der Waals surface area contributed by atoms with Crippen molar-refractivity contribution in [1.82, 2.24) is 4.90 Å². The lowest BCUT2D eigenvalue weighted by atomic mass is 10.2. The predicted octanol–water partition coefficient (Wildman–Crippen LogP) is 2.92. The monoisotopic (exact) mass is 260 g/mol. The average molecular weight is 260 g/mol. The van der Waals surface area contributed by atoms with Gasteiger partial charge in [-0.05, 0) is 45.0 Å². The van der Waals surface area contributed by atoms with Crippen molar-refractivity contribution in [3.63, 3.8) is 0 Å². The number of para-hydroxylation sites is 1.